The minimum atomic E-state index is -0.476. The second kappa shape index (κ2) is 3.48. The first-order chi connectivity index (χ1) is 7.56. The maximum atomic E-state index is 10.9. The molecule has 0 spiro atoms. The van der Waals surface area contributed by atoms with Gasteiger partial charge in [-0.25, -0.2) is 4.52 Å². The summed E-state index contributed by atoms with van der Waals surface area (Å²) in [5.41, 5.74) is 2.24. The molecule has 16 heavy (non-hydrogen) atoms. The van der Waals surface area contributed by atoms with Gasteiger partial charge in [0.1, 0.15) is 5.52 Å². The average Bonchev–Trinajstić information content (AvgIpc) is 2.62. The van der Waals surface area contributed by atoms with Crippen molar-refractivity contribution in [3.05, 3.63) is 33.5 Å². The SMILES string of the molecule is COc1nn2c(C)c(C)ccc2c1[N+](=O)[O-]. The Morgan fingerprint density at radius 1 is 1.44 bits per heavy atom. The average molecular weight is 221 g/mol. The number of nitro groups is 1. The summed E-state index contributed by atoms with van der Waals surface area (Å²) in [6, 6.07) is 3.51. The monoisotopic (exact) mass is 221 g/mol. The highest BCUT2D eigenvalue weighted by Gasteiger charge is 2.25. The van der Waals surface area contributed by atoms with E-state index in [1.54, 1.807) is 6.07 Å². The van der Waals surface area contributed by atoms with Gasteiger partial charge < -0.3 is 4.74 Å². The molecule has 0 aliphatic heterocycles. The van der Waals surface area contributed by atoms with E-state index in [0.29, 0.717) is 5.52 Å². The van der Waals surface area contributed by atoms with Gasteiger partial charge in [0.25, 0.3) is 0 Å². The second-order valence-electron chi connectivity index (χ2n) is 3.51. The number of pyridine rings is 1. The molecule has 0 aromatic carbocycles. The van der Waals surface area contributed by atoms with Crippen LogP contribution in [0.15, 0.2) is 12.1 Å². The van der Waals surface area contributed by atoms with Crippen LogP contribution in [-0.4, -0.2) is 21.6 Å². The van der Waals surface area contributed by atoms with Crippen LogP contribution in [-0.2, 0) is 0 Å². The third kappa shape index (κ3) is 1.30. The number of methoxy groups -OCH3 is 1. The number of ether oxygens (including phenoxy) is 1. The zero-order valence-electron chi connectivity index (χ0n) is 9.22. The summed E-state index contributed by atoms with van der Waals surface area (Å²) in [7, 11) is 1.37. The normalized spacial score (nSPS) is 10.7. The van der Waals surface area contributed by atoms with Gasteiger partial charge in [-0.05, 0) is 25.5 Å². The molecule has 0 saturated heterocycles. The number of aromatic nitrogens is 2. The summed E-state index contributed by atoms with van der Waals surface area (Å²) in [6.07, 6.45) is 0. The predicted molar refractivity (Wildman–Crippen MR) is 57.9 cm³/mol. The van der Waals surface area contributed by atoms with Crippen molar-refractivity contribution in [2.24, 2.45) is 0 Å². The van der Waals surface area contributed by atoms with Crippen LogP contribution >= 0.6 is 0 Å². The van der Waals surface area contributed by atoms with E-state index in [9.17, 15) is 10.1 Å². The van der Waals surface area contributed by atoms with Crippen molar-refractivity contribution in [1.82, 2.24) is 9.61 Å². The number of hydrogen-bond donors (Lipinski definition) is 0. The fourth-order valence-corrected chi connectivity index (χ4v) is 1.61. The minimum absolute atomic E-state index is 0.0405. The second-order valence-corrected chi connectivity index (χ2v) is 3.51. The quantitative estimate of drug-likeness (QED) is 0.573. The van der Waals surface area contributed by atoms with Crippen molar-refractivity contribution in [3.8, 4) is 5.88 Å². The van der Waals surface area contributed by atoms with E-state index >= 15 is 0 Å². The smallest absolute Gasteiger partial charge is 0.357 e. The van der Waals surface area contributed by atoms with Gasteiger partial charge in [-0.15, -0.1) is 5.10 Å². The van der Waals surface area contributed by atoms with Gasteiger partial charge in [0.15, 0.2) is 0 Å². The van der Waals surface area contributed by atoms with Gasteiger partial charge in [0, 0.05) is 5.69 Å². The lowest BCUT2D eigenvalue weighted by atomic mass is 10.2. The standard InChI is InChI=1S/C10H11N3O3/c1-6-4-5-8-9(13(14)15)10(16-3)11-12(8)7(6)2/h4-5H,1-3H3. The molecule has 84 valence electrons. The van der Waals surface area contributed by atoms with Crippen LogP contribution < -0.4 is 4.74 Å². The molecule has 0 radical (unpaired) electrons. The molecule has 0 aliphatic carbocycles. The Morgan fingerprint density at radius 3 is 2.69 bits per heavy atom. The lowest BCUT2D eigenvalue weighted by Crippen LogP contribution is -1.96. The molecule has 0 amide bonds. The molecule has 0 unspecified atom stereocenters. The highest BCUT2D eigenvalue weighted by Crippen LogP contribution is 2.31. The van der Waals surface area contributed by atoms with Crippen LogP contribution in [0, 0.1) is 24.0 Å². The summed E-state index contributed by atoms with van der Waals surface area (Å²) >= 11 is 0. The van der Waals surface area contributed by atoms with Crippen molar-refractivity contribution in [3.63, 3.8) is 0 Å². The summed E-state index contributed by atoms with van der Waals surface area (Å²) in [5, 5.41) is 15.0. The fraction of sp³-hybridized carbons (Fsp3) is 0.300. The third-order valence-electron chi connectivity index (χ3n) is 2.62. The highest BCUT2D eigenvalue weighted by atomic mass is 16.6. The van der Waals surface area contributed by atoms with Crippen LogP contribution in [0.1, 0.15) is 11.3 Å². The summed E-state index contributed by atoms with van der Waals surface area (Å²) < 4.78 is 6.45. The molecule has 2 aromatic heterocycles. The molecule has 6 nitrogen and oxygen atoms in total. The van der Waals surface area contributed by atoms with Gasteiger partial charge in [0.2, 0.25) is 0 Å². The maximum Gasteiger partial charge on any atom is 0.357 e. The van der Waals surface area contributed by atoms with Crippen LogP contribution in [0.4, 0.5) is 5.69 Å². The first kappa shape index (κ1) is 10.4. The number of rotatable bonds is 2. The first-order valence-electron chi connectivity index (χ1n) is 4.73. The molecule has 2 aromatic rings. The molecular formula is C10H11N3O3. The van der Waals surface area contributed by atoms with Crippen LogP contribution in [0.5, 0.6) is 5.88 Å². The van der Waals surface area contributed by atoms with Crippen LogP contribution in [0.25, 0.3) is 5.52 Å². The van der Waals surface area contributed by atoms with Crippen molar-refractivity contribution in [1.29, 1.82) is 0 Å². The fourth-order valence-electron chi connectivity index (χ4n) is 1.61. The van der Waals surface area contributed by atoms with Crippen molar-refractivity contribution >= 4 is 11.2 Å². The Labute approximate surface area is 91.6 Å². The number of fused-ring (bicyclic) bond motifs is 1. The molecule has 2 heterocycles. The zero-order valence-corrected chi connectivity index (χ0v) is 9.22. The molecule has 0 bridgehead atoms. The van der Waals surface area contributed by atoms with Crippen molar-refractivity contribution in [2.75, 3.05) is 7.11 Å². The minimum Gasteiger partial charge on any atom is -0.475 e. The Bertz CT molecular complexity index is 574. The van der Waals surface area contributed by atoms with Crippen LogP contribution in [0.2, 0.25) is 0 Å². The van der Waals surface area contributed by atoms with Gasteiger partial charge in [-0.1, -0.05) is 6.07 Å². The zero-order chi connectivity index (χ0) is 11.9. The highest BCUT2D eigenvalue weighted by molar-refractivity contribution is 5.70. The third-order valence-corrected chi connectivity index (χ3v) is 2.62. The maximum absolute atomic E-state index is 10.9. The molecule has 0 atom stereocenters. The van der Waals surface area contributed by atoms with E-state index in [1.165, 1.54) is 11.6 Å². The Balaban J connectivity index is 2.88. The van der Waals surface area contributed by atoms with Gasteiger partial charge >= 0.3 is 11.6 Å². The lowest BCUT2D eigenvalue weighted by molar-refractivity contribution is -0.384. The van der Waals surface area contributed by atoms with E-state index < -0.39 is 4.92 Å². The summed E-state index contributed by atoms with van der Waals surface area (Å²) in [6.45, 7) is 3.78. The van der Waals surface area contributed by atoms with E-state index in [-0.39, 0.29) is 11.6 Å². The summed E-state index contributed by atoms with van der Waals surface area (Å²) in [5.74, 6) is 0.0405. The number of hydrogen-bond acceptors (Lipinski definition) is 4. The van der Waals surface area contributed by atoms with Gasteiger partial charge in [0.05, 0.1) is 12.0 Å². The van der Waals surface area contributed by atoms with E-state index in [0.717, 1.165) is 11.3 Å². The van der Waals surface area contributed by atoms with E-state index in [4.69, 9.17) is 4.74 Å². The van der Waals surface area contributed by atoms with Crippen molar-refractivity contribution < 1.29 is 9.66 Å². The van der Waals surface area contributed by atoms with Crippen molar-refractivity contribution in [2.45, 2.75) is 13.8 Å². The topological polar surface area (TPSA) is 69.7 Å². The molecule has 0 fully saturated rings. The number of nitrogens with zero attached hydrogens (tertiary/aromatic N) is 3. The molecule has 0 aliphatic rings. The Hall–Kier alpha value is -2.11. The van der Waals surface area contributed by atoms with Gasteiger partial charge in [-0.2, -0.15) is 0 Å². The molecule has 0 N–H and O–H groups in total. The lowest BCUT2D eigenvalue weighted by Gasteiger charge is -2.00. The molecular weight excluding hydrogens is 210 g/mol. The predicted octanol–water partition coefficient (Wildman–Crippen LogP) is 1.87. The van der Waals surface area contributed by atoms with Crippen LogP contribution in [0.3, 0.4) is 0 Å². The first-order valence-corrected chi connectivity index (χ1v) is 4.73. The number of aryl methyl sites for hydroxylation is 2. The Kier molecular flexibility index (Phi) is 2.26. The van der Waals surface area contributed by atoms with E-state index in [1.807, 2.05) is 19.9 Å². The van der Waals surface area contributed by atoms with Gasteiger partial charge in [-0.3, -0.25) is 10.1 Å². The molecule has 0 saturated carbocycles. The van der Waals surface area contributed by atoms with E-state index in [2.05, 4.69) is 5.10 Å². The largest absolute Gasteiger partial charge is 0.475 e. The molecule has 6 heteroatoms. The Morgan fingerprint density at radius 2 is 2.12 bits per heavy atom. The summed E-state index contributed by atoms with van der Waals surface area (Å²) in [4.78, 5) is 10.4. The molecule has 2 rings (SSSR count).